The maximum Gasteiger partial charge on any atom is 0.262 e. The Morgan fingerprint density at radius 2 is 2.36 bits per heavy atom. The second kappa shape index (κ2) is 2.35. The monoisotopic (exact) mass is 166 g/mol. The van der Waals surface area contributed by atoms with Crippen molar-refractivity contribution in [2.75, 3.05) is 0 Å². The highest BCUT2D eigenvalue weighted by Crippen LogP contribution is 2.13. The van der Waals surface area contributed by atoms with E-state index in [0.717, 1.165) is 5.69 Å². The molecule has 11 heavy (non-hydrogen) atoms. The zero-order valence-electron chi connectivity index (χ0n) is 5.44. The summed E-state index contributed by atoms with van der Waals surface area (Å²) < 4.78 is 4.99. The lowest BCUT2D eigenvalue weighted by molar-refractivity contribution is 0.466. The van der Waals surface area contributed by atoms with Crippen LogP contribution < -0.4 is 0 Å². The van der Waals surface area contributed by atoms with Crippen LogP contribution in [0.4, 0.5) is 0 Å². The molecule has 0 spiro atoms. The molecule has 2 aromatic heterocycles. The van der Waals surface area contributed by atoms with Crippen molar-refractivity contribution in [3.05, 3.63) is 18.3 Å². The van der Waals surface area contributed by atoms with Gasteiger partial charge in [-0.15, -0.1) is 10.2 Å². The second-order valence-electron chi connectivity index (χ2n) is 1.96. The molecule has 0 atom stereocenters. The minimum absolute atomic E-state index is 0.162. The number of hydrogen-bond acceptors (Lipinski definition) is 4. The first-order chi connectivity index (χ1) is 5.36. The summed E-state index contributed by atoms with van der Waals surface area (Å²) in [4.78, 5) is 2.92. The van der Waals surface area contributed by atoms with Crippen LogP contribution in [0.1, 0.15) is 0 Å². The fraction of sp³-hybridized carbons (Fsp3) is 0. The van der Waals surface area contributed by atoms with Crippen LogP contribution in [-0.4, -0.2) is 15.2 Å². The van der Waals surface area contributed by atoms with E-state index in [1.54, 1.807) is 6.20 Å². The van der Waals surface area contributed by atoms with Gasteiger partial charge >= 0.3 is 0 Å². The van der Waals surface area contributed by atoms with E-state index in [4.69, 9.17) is 4.42 Å². The number of hydrogen-bond donors (Lipinski definition) is 1. The van der Waals surface area contributed by atoms with Crippen LogP contribution in [0.5, 0.6) is 0 Å². The topological polar surface area (TPSA) is 54.7 Å². The molecule has 4 nitrogen and oxygen atoms in total. The Kier molecular flexibility index (Phi) is 1.36. The molecule has 2 heterocycles. The van der Waals surface area contributed by atoms with Gasteiger partial charge in [0.05, 0.1) is 5.22 Å². The Bertz CT molecular complexity index is 340. The highest BCUT2D eigenvalue weighted by molar-refractivity contribution is 7.58. The number of aromatic nitrogens is 3. The van der Waals surface area contributed by atoms with Crippen molar-refractivity contribution in [3.8, 4) is 11.6 Å². The summed E-state index contributed by atoms with van der Waals surface area (Å²) in [5.41, 5.74) is 0.786. The predicted octanol–water partition coefficient (Wildman–Crippen LogP) is 0.970. The number of nitrogens with zero attached hydrogens (tertiary/aromatic N) is 2. The van der Waals surface area contributed by atoms with E-state index < -0.39 is 0 Å². The zero-order chi connectivity index (χ0) is 7.68. The fourth-order valence-electron chi connectivity index (χ4n) is 0.782. The van der Waals surface area contributed by atoms with Crippen LogP contribution in [0.2, 0.25) is 0 Å². The smallest absolute Gasteiger partial charge is 0.262 e. The van der Waals surface area contributed by atoms with Crippen molar-refractivity contribution in [1.29, 1.82) is 0 Å². The van der Waals surface area contributed by atoms with Gasteiger partial charge in [0.1, 0.15) is 5.69 Å². The van der Waals surface area contributed by atoms with Crippen molar-refractivity contribution >= 4 is 12.6 Å². The van der Waals surface area contributed by atoms with E-state index in [9.17, 15) is 0 Å². The predicted molar refractivity (Wildman–Crippen MR) is 39.7 cm³/mol. The van der Waals surface area contributed by atoms with E-state index in [-0.39, 0.29) is 5.22 Å². The molecule has 1 N–H and O–H groups in total. The lowest BCUT2D eigenvalue weighted by Crippen LogP contribution is -1.75. The molecule has 0 radical (unpaired) electrons. The summed E-state index contributed by atoms with van der Waals surface area (Å²) in [5, 5.41) is 7.42. The first kappa shape index (κ1) is 6.36. The average Bonchev–Trinajstić information content (AvgIpc) is 2.55. The average molecular weight is 166 g/mol. The molecule has 56 valence electrons. The molecule has 0 aliphatic carbocycles. The molecule has 0 amide bonds. The second-order valence-corrected chi connectivity index (χ2v) is 2.31. The molecule has 0 aliphatic rings. The Labute approximate surface area is 68.1 Å². The van der Waals surface area contributed by atoms with E-state index in [2.05, 4.69) is 27.8 Å². The maximum atomic E-state index is 4.99. The molecule has 0 unspecified atom stereocenters. The largest absolute Gasteiger partial charge is 0.719 e. The SMILES string of the molecule is [S-]c1nnc(-c2ccc[nH]2)o1. The van der Waals surface area contributed by atoms with Gasteiger partial charge in [-0.3, -0.25) is 0 Å². The molecular formula is C6H4N3OS-. The summed E-state index contributed by atoms with van der Waals surface area (Å²) >= 11 is 4.65. The van der Waals surface area contributed by atoms with Gasteiger partial charge in [-0.1, -0.05) is 0 Å². The van der Waals surface area contributed by atoms with Crippen LogP contribution in [0.15, 0.2) is 28.0 Å². The third kappa shape index (κ3) is 1.10. The van der Waals surface area contributed by atoms with Gasteiger partial charge in [-0.25, -0.2) is 0 Å². The molecule has 0 fully saturated rings. The van der Waals surface area contributed by atoms with Gasteiger partial charge in [-0.05, 0) is 12.1 Å². The molecular weight excluding hydrogens is 162 g/mol. The van der Waals surface area contributed by atoms with Crippen LogP contribution >= 0.6 is 0 Å². The number of rotatable bonds is 1. The molecule has 0 aliphatic heterocycles. The quantitative estimate of drug-likeness (QED) is 0.641. The van der Waals surface area contributed by atoms with Crippen LogP contribution in [0, 0.1) is 0 Å². The minimum atomic E-state index is 0.162. The van der Waals surface area contributed by atoms with Crippen LogP contribution in [0.3, 0.4) is 0 Å². The van der Waals surface area contributed by atoms with E-state index in [1.165, 1.54) is 0 Å². The first-order valence-corrected chi connectivity index (χ1v) is 3.41. The van der Waals surface area contributed by atoms with Gasteiger partial charge in [0, 0.05) is 6.20 Å². The normalized spacial score (nSPS) is 10.2. The Balaban J connectivity index is 2.45. The van der Waals surface area contributed by atoms with Gasteiger partial charge in [0.15, 0.2) is 0 Å². The highest BCUT2D eigenvalue weighted by Gasteiger charge is 2.01. The molecule has 0 saturated carbocycles. The van der Waals surface area contributed by atoms with Gasteiger partial charge < -0.3 is 22.0 Å². The first-order valence-electron chi connectivity index (χ1n) is 3.00. The summed E-state index contributed by atoms with van der Waals surface area (Å²) in [6, 6.07) is 3.69. The third-order valence-electron chi connectivity index (χ3n) is 1.23. The van der Waals surface area contributed by atoms with Gasteiger partial charge in [-0.2, -0.15) is 0 Å². The number of aromatic amines is 1. The summed E-state index contributed by atoms with van der Waals surface area (Å²) in [6.07, 6.45) is 1.78. The van der Waals surface area contributed by atoms with E-state index >= 15 is 0 Å². The lowest BCUT2D eigenvalue weighted by Gasteiger charge is -1.89. The molecule has 0 bridgehead atoms. The molecule has 0 aromatic carbocycles. The molecule has 0 saturated heterocycles. The van der Waals surface area contributed by atoms with Crippen molar-refractivity contribution in [2.24, 2.45) is 0 Å². The number of H-pyrrole nitrogens is 1. The molecule has 2 aromatic rings. The standard InChI is InChI=1S/C6H5N3OS/c11-6-9-8-5(10-6)4-2-1-3-7-4/h1-3,7H,(H,9,11)/p-1. The van der Waals surface area contributed by atoms with Crippen molar-refractivity contribution in [2.45, 2.75) is 5.22 Å². The van der Waals surface area contributed by atoms with Crippen molar-refractivity contribution < 1.29 is 4.42 Å². The molecule has 5 heteroatoms. The molecule has 2 rings (SSSR count). The van der Waals surface area contributed by atoms with Gasteiger partial charge in [0.2, 0.25) is 0 Å². The third-order valence-corrected chi connectivity index (χ3v) is 1.40. The van der Waals surface area contributed by atoms with Crippen molar-refractivity contribution in [3.63, 3.8) is 0 Å². The zero-order valence-corrected chi connectivity index (χ0v) is 6.26. The summed E-state index contributed by atoms with van der Waals surface area (Å²) in [5.74, 6) is 0.431. The summed E-state index contributed by atoms with van der Waals surface area (Å²) in [6.45, 7) is 0. The maximum absolute atomic E-state index is 4.99. The highest BCUT2D eigenvalue weighted by atomic mass is 32.1. The Morgan fingerprint density at radius 1 is 1.45 bits per heavy atom. The van der Waals surface area contributed by atoms with Crippen molar-refractivity contribution in [1.82, 2.24) is 15.2 Å². The fourth-order valence-corrected chi connectivity index (χ4v) is 0.902. The Hall–Kier alpha value is -1.36. The summed E-state index contributed by atoms with van der Waals surface area (Å²) in [7, 11) is 0. The number of nitrogens with one attached hydrogen (secondary N) is 1. The van der Waals surface area contributed by atoms with E-state index in [1.807, 2.05) is 12.1 Å². The Morgan fingerprint density at radius 3 is 2.91 bits per heavy atom. The van der Waals surface area contributed by atoms with E-state index in [0.29, 0.717) is 5.89 Å². The van der Waals surface area contributed by atoms with Crippen LogP contribution in [0.25, 0.3) is 11.6 Å². The minimum Gasteiger partial charge on any atom is -0.719 e. The van der Waals surface area contributed by atoms with Gasteiger partial charge in [0.25, 0.3) is 5.89 Å². The van der Waals surface area contributed by atoms with Crippen LogP contribution in [-0.2, 0) is 12.6 Å². The lowest BCUT2D eigenvalue weighted by atomic mass is 10.4.